The summed E-state index contributed by atoms with van der Waals surface area (Å²) in [5.41, 5.74) is 1.18. The zero-order chi connectivity index (χ0) is 15.2. The van der Waals surface area contributed by atoms with E-state index in [1.54, 1.807) is 12.1 Å². The van der Waals surface area contributed by atoms with Crippen LogP contribution in [-0.4, -0.2) is 6.54 Å². The van der Waals surface area contributed by atoms with Crippen LogP contribution in [0.5, 0.6) is 11.5 Å². The molecule has 1 N–H and O–H groups in total. The molecule has 2 aromatic carbocycles. The van der Waals surface area contributed by atoms with Gasteiger partial charge in [-0.1, -0.05) is 48.3 Å². The standard InChI is InChI=1S/C17H19Cl2NO/c1-3-10-20-12(2)13-6-4-7-14(11-13)21-16-9-5-8-15(18)17(16)19/h4-9,11-12,20H,3,10H2,1-2H3. The molecule has 4 heteroatoms. The molecule has 0 aromatic heterocycles. The molecule has 0 aliphatic carbocycles. The molecule has 0 fully saturated rings. The molecule has 0 aliphatic heterocycles. The van der Waals surface area contributed by atoms with Gasteiger partial charge in [-0.25, -0.2) is 0 Å². The number of ether oxygens (including phenoxy) is 1. The van der Waals surface area contributed by atoms with E-state index in [1.807, 2.05) is 24.3 Å². The van der Waals surface area contributed by atoms with E-state index in [1.165, 1.54) is 5.56 Å². The first-order valence-corrected chi connectivity index (χ1v) is 7.82. The van der Waals surface area contributed by atoms with Gasteiger partial charge in [-0.15, -0.1) is 0 Å². The number of hydrogen-bond donors (Lipinski definition) is 1. The van der Waals surface area contributed by atoms with Crippen LogP contribution in [0.4, 0.5) is 0 Å². The van der Waals surface area contributed by atoms with Crippen molar-refractivity contribution in [2.75, 3.05) is 6.54 Å². The number of nitrogens with one attached hydrogen (secondary N) is 1. The average molecular weight is 324 g/mol. The summed E-state index contributed by atoms with van der Waals surface area (Å²) in [6, 6.07) is 13.6. The van der Waals surface area contributed by atoms with Gasteiger partial charge in [0.05, 0.1) is 5.02 Å². The summed E-state index contributed by atoms with van der Waals surface area (Å²) in [7, 11) is 0. The molecule has 112 valence electrons. The Morgan fingerprint density at radius 3 is 2.67 bits per heavy atom. The molecular weight excluding hydrogens is 305 g/mol. The van der Waals surface area contributed by atoms with Gasteiger partial charge in [0.15, 0.2) is 0 Å². The van der Waals surface area contributed by atoms with Gasteiger partial charge in [-0.2, -0.15) is 0 Å². The monoisotopic (exact) mass is 323 g/mol. The van der Waals surface area contributed by atoms with Crippen molar-refractivity contribution in [3.8, 4) is 11.5 Å². The minimum atomic E-state index is 0.281. The Morgan fingerprint density at radius 2 is 1.90 bits per heavy atom. The fourth-order valence-corrected chi connectivity index (χ4v) is 2.35. The highest BCUT2D eigenvalue weighted by Gasteiger charge is 2.09. The fourth-order valence-electron chi connectivity index (χ4n) is 2.02. The van der Waals surface area contributed by atoms with Gasteiger partial charge in [0.1, 0.15) is 16.5 Å². The topological polar surface area (TPSA) is 21.3 Å². The first-order chi connectivity index (χ1) is 10.1. The van der Waals surface area contributed by atoms with Crippen molar-refractivity contribution >= 4 is 23.2 Å². The van der Waals surface area contributed by atoms with Crippen LogP contribution >= 0.6 is 23.2 Å². The average Bonchev–Trinajstić information content (AvgIpc) is 2.50. The Bertz CT molecular complexity index is 601. The van der Waals surface area contributed by atoms with Crippen LogP contribution in [0.15, 0.2) is 42.5 Å². The Balaban J connectivity index is 2.16. The zero-order valence-corrected chi connectivity index (χ0v) is 13.7. The van der Waals surface area contributed by atoms with Crippen molar-refractivity contribution in [3.05, 3.63) is 58.1 Å². The van der Waals surface area contributed by atoms with E-state index < -0.39 is 0 Å². The fraction of sp³-hybridized carbons (Fsp3) is 0.294. The summed E-state index contributed by atoms with van der Waals surface area (Å²) in [6.07, 6.45) is 1.11. The van der Waals surface area contributed by atoms with Crippen molar-refractivity contribution in [2.45, 2.75) is 26.3 Å². The van der Waals surface area contributed by atoms with E-state index in [0.717, 1.165) is 18.7 Å². The number of rotatable bonds is 6. The molecule has 2 rings (SSSR count). The maximum Gasteiger partial charge on any atom is 0.147 e. The number of benzene rings is 2. The maximum atomic E-state index is 6.14. The van der Waals surface area contributed by atoms with Gasteiger partial charge in [0.25, 0.3) is 0 Å². The van der Waals surface area contributed by atoms with Crippen molar-refractivity contribution in [3.63, 3.8) is 0 Å². The second-order valence-electron chi connectivity index (χ2n) is 4.90. The molecule has 0 heterocycles. The van der Waals surface area contributed by atoms with Crippen LogP contribution in [0.2, 0.25) is 10.0 Å². The molecule has 0 spiro atoms. The van der Waals surface area contributed by atoms with Crippen LogP contribution < -0.4 is 10.1 Å². The molecule has 1 atom stereocenters. The first-order valence-electron chi connectivity index (χ1n) is 7.07. The van der Waals surface area contributed by atoms with Crippen molar-refractivity contribution < 1.29 is 4.74 Å². The Kier molecular flexibility index (Phi) is 5.92. The van der Waals surface area contributed by atoms with E-state index in [0.29, 0.717) is 15.8 Å². The second-order valence-corrected chi connectivity index (χ2v) is 5.69. The molecule has 0 aliphatic rings. The lowest BCUT2D eigenvalue weighted by Crippen LogP contribution is -2.19. The Labute approximate surface area is 136 Å². The lowest BCUT2D eigenvalue weighted by Gasteiger charge is -2.15. The van der Waals surface area contributed by atoms with E-state index in [4.69, 9.17) is 27.9 Å². The molecule has 0 radical (unpaired) electrons. The third-order valence-corrected chi connectivity index (χ3v) is 4.00. The largest absolute Gasteiger partial charge is 0.456 e. The van der Waals surface area contributed by atoms with Crippen molar-refractivity contribution in [1.29, 1.82) is 0 Å². The highest BCUT2D eigenvalue weighted by Crippen LogP contribution is 2.35. The molecule has 0 amide bonds. The Morgan fingerprint density at radius 1 is 1.14 bits per heavy atom. The normalized spacial score (nSPS) is 12.2. The van der Waals surface area contributed by atoms with Gasteiger partial charge in [0, 0.05) is 6.04 Å². The van der Waals surface area contributed by atoms with E-state index in [-0.39, 0.29) is 6.04 Å². The maximum absolute atomic E-state index is 6.14. The summed E-state index contributed by atoms with van der Waals surface area (Å²) < 4.78 is 5.84. The van der Waals surface area contributed by atoms with Crippen LogP contribution in [-0.2, 0) is 0 Å². The van der Waals surface area contributed by atoms with E-state index in [2.05, 4.69) is 25.2 Å². The molecule has 0 bridgehead atoms. The van der Waals surface area contributed by atoms with Gasteiger partial charge >= 0.3 is 0 Å². The summed E-state index contributed by atoms with van der Waals surface area (Å²) >= 11 is 12.1. The molecule has 2 nitrogen and oxygen atoms in total. The SMILES string of the molecule is CCCNC(C)c1cccc(Oc2cccc(Cl)c2Cl)c1. The summed E-state index contributed by atoms with van der Waals surface area (Å²) in [5.74, 6) is 1.32. The van der Waals surface area contributed by atoms with Crippen LogP contribution in [0.1, 0.15) is 31.9 Å². The molecule has 21 heavy (non-hydrogen) atoms. The molecule has 0 saturated carbocycles. The van der Waals surface area contributed by atoms with Crippen molar-refractivity contribution in [2.24, 2.45) is 0 Å². The minimum Gasteiger partial charge on any atom is -0.456 e. The Hall–Kier alpha value is -1.22. The highest BCUT2D eigenvalue weighted by molar-refractivity contribution is 6.42. The smallest absolute Gasteiger partial charge is 0.147 e. The predicted molar refractivity (Wildman–Crippen MR) is 89.7 cm³/mol. The van der Waals surface area contributed by atoms with Gasteiger partial charge in [-0.05, 0) is 49.7 Å². The van der Waals surface area contributed by atoms with E-state index >= 15 is 0 Å². The lowest BCUT2D eigenvalue weighted by molar-refractivity contribution is 0.480. The summed E-state index contributed by atoms with van der Waals surface area (Å²) in [4.78, 5) is 0. The van der Waals surface area contributed by atoms with Gasteiger partial charge < -0.3 is 10.1 Å². The summed E-state index contributed by atoms with van der Waals surface area (Å²) in [5, 5.41) is 4.38. The van der Waals surface area contributed by atoms with Gasteiger partial charge in [0.2, 0.25) is 0 Å². The molecular formula is C17H19Cl2NO. The predicted octanol–water partition coefficient (Wildman–Crippen LogP) is 5.85. The van der Waals surface area contributed by atoms with Crippen LogP contribution in [0, 0.1) is 0 Å². The minimum absolute atomic E-state index is 0.281. The van der Waals surface area contributed by atoms with E-state index in [9.17, 15) is 0 Å². The molecule has 2 aromatic rings. The third-order valence-electron chi connectivity index (χ3n) is 3.20. The highest BCUT2D eigenvalue weighted by atomic mass is 35.5. The number of hydrogen-bond acceptors (Lipinski definition) is 2. The van der Waals surface area contributed by atoms with Gasteiger partial charge in [-0.3, -0.25) is 0 Å². The lowest BCUT2D eigenvalue weighted by atomic mass is 10.1. The number of halogens is 2. The second kappa shape index (κ2) is 7.69. The quantitative estimate of drug-likeness (QED) is 0.720. The van der Waals surface area contributed by atoms with Crippen LogP contribution in [0.25, 0.3) is 0 Å². The zero-order valence-electron chi connectivity index (χ0n) is 12.2. The summed E-state index contributed by atoms with van der Waals surface area (Å²) in [6.45, 7) is 5.29. The molecule has 0 saturated heterocycles. The molecule has 1 unspecified atom stereocenters. The van der Waals surface area contributed by atoms with Crippen LogP contribution in [0.3, 0.4) is 0 Å². The van der Waals surface area contributed by atoms with Crippen molar-refractivity contribution in [1.82, 2.24) is 5.32 Å². The first kappa shape index (κ1) is 16.2. The third kappa shape index (κ3) is 4.37.